The molecule has 0 saturated carbocycles. The Hall–Kier alpha value is -1.95. The normalized spacial score (nSPS) is 12.3. The van der Waals surface area contributed by atoms with Gasteiger partial charge < -0.3 is 5.73 Å². The van der Waals surface area contributed by atoms with Gasteiger partial charge in [0.1, 0.15) is 0 Å². The van der Waals surface area contributed by atoms with Gasteiger partial charge in [-0.25, -0.2) is 0 Å². The van der Waals surface area contributed by atoms with Crippen molar-refractivity contribution in [2.24, 2.45) is 5.73 Å². The molecule has 3 aromatic rings. The Morgan fingerprint density at radius 1 is 1.17 bits per heavy atom. The molecule has 0 aliphatic rings. The number of pyridine rings is 1. The zero-order chi connectivity index (χ0) is 16.4. The molecule has 0 spiro atoms. The SMILES string of the molecule is CCC(c1cc(C(N)=O)c2ccccc2n1)c1ccccc1I. The van der Waals surface area contributed by atoms with Crippen LogP contribution in [0.1, 0.15) is 40.9 Å². The van der Waals surface area contributed by atoms with Crippen LogP contribution in [-0.2, 0) is 0 Å². The standard InChI is InChI=1S/C19H17IN2O/c1-2-12(13-7-3-5-9-16(13)20)18-11-15(19(21)23)14-8-4-6-10-17(14)22-18/h3-12H,2H2,1H3,(H2,21,23). The summed E-state index contributed by atoms with van der Waals surface area (Å²) < 4.78 is 1.20. The molecule has 0 saturated heterocycles. The van der Waals surface area contributed by atoms with E-state index in [0.717, 1.165) is 23.0 Å². The van der Waals surface area contributed by atoms with Gasteiger partial charge in [-0.1, -0.05) is 43.3 Å². The second-order valence-electron chi connectivity index (χ2n) is 5.46. The molecule has 1 heterocycles. The summed E-state index contributed by atoms with van der Waals surface area (Å²) in [7, 11) is 0. The van der Waals surface area contributed by atoms with Crippen LogP contribution in [0, 0.1) is 3.57 Å². The van der Waals surface area contributed by atoms with Crippen molar-refractivity contribution in [2.75, 3.05) is 0 Å². The molecule has 1 aromatic heterocycles. The minimum Gasteiger partial charge on any atom is -0.366 e. The van der Waals surface area contributed by atoms with E-state index in [9.17, 15) is 4.79 Å². The van der Waals surface area contributed by atoms with E-state index in [0.29, 0.717) is 5.56 Å². The van der Waals surface area contributed by atoms with Crippen LogP contribution < -0.4 is 5.73 Å². The number of nitrogens with zero attached hydrogens (tertiary/aromatic N) is 1. The van der Waals surface area contributed by atoms with Crippen molar-refractivity contribution < 1.29 is 4.79 Å². The molecule has 4 heteroatoms. The number of carbonyl (C=O) groups is 1. The van der Waals surface area contributed by atoms with Gasteiger partial charge in [-0.3, -0.25) is 9.78 Å². The third kappa shape index (κ3) is 3.08. The Kier molecular flexibility index (Phi) is 4.61. The van der Waals surface area contributed by atoms with E-state index in [-0.39, 0.29) is 5.92 Å². The Labute approximate surface area is 149 Å². The number of rotatable bonds is 4. The molecule has 23 heavy (non-hydrogen) atoms. The number of hydrogen-bond acceptors (Lipinski definition) is 2. The second-order valence-corrected chi connectivity index (χ2v) is 6.62. The number of para-hydroxylation sites is 1. The molecular weight excluding hydrogens is 399 g/mol. The van der Waals surface area contributed by atoms with Crippen LogP contribution in [0.4, 0.5) is 0 Å². The lowest BCUT2D eigenvalue weighted by Crippen LogP contribution is -2.14. The number of carbonyl (C=O) groups excluding carboxylic acids is 1. The van der Waals surface area contributed by atoms with Crippen molar-refractivity contribution >= 4 is 39.4 Å². The molecule has 3 nitrogen and oxygen atoms in total. The van der Waals surface area contributed by atoms with Crippen LogP contribution in [0.15, 0.2) is 54.6 Å². The first-order valence-corrected chi connectivity index (χ1v) is 8.63. The summed E-state index contributed by atoms with van der Waals surface area (Å²) in [6.45, 7) is 2.13. The van der Waals surface area contributed by atoms with E-state index in [1.807, 2.05) is 42.5 Å². The number of benzene rings is 2. The van der Waals surface area contributed by atoms with E-state index in [1.165, 1.54) is 9.13 Å². The molecule has 0 aliphatic heterocycles. The number of halogens is 1. The van der Waals surface area contributed by atoms with Crippen molar-refractivity contribution in [3.05, 3.63) is 75.0 Å². The predicted molar refractivity (Wildman–Crippen MR) is 102 cm³/mol. The topological polar surface area (TPSA) is 56.0 Å². The molecule has 1 atom stereocenters. The predicted octanol–water partition coefficient (Wildman–Crippen LogP) is 4.48. The third-order valence-corrected chi connectivity index (χ3v) is 5.03. The number of nitrogens with two attached hydrogens (primary N) is 1. The van der Waals surface area contributed by atoms with Crippen LogP contribution in [0.2, 0.25) is 0 Å². The lowest BCUT2D eigenvalue weighted by molar-refractivity contribution is 0.100. The van der Waals surface area contributed by atoms with Gasteiger partial charge in [0, 0.05) is 20.6 Å². The highest BCUT2D eigenvalue weighted by atomic mass is 127. The number of amides is 1. The quantitative estimate of drug-likeness (QED) is 0.638. The van der Waals surface area contributed by atoms with Crippen molar-refractivity contribution in [2.45, 2.75) is 19.3 Å². The summed E-state index contributed by atoms with van der Waals surface area (Å²) >= 11 is 2.35. The maximum absolute atomic E-state index is 11.9. The van der Waals surface area contributed by atoms with Crippen molar-refractivity contribution in [3.63, 3.8) is 0 Å². The van der Waals surface area contributed by atoms with Crippen LogP contribution in [0.5, 0.6) is 0 Å². The summed E-state index contributed by atoms with van der Waals surface area (Å²) in [5.41, 5.74) is 9.06. The number of aromatic nitrogens is 1. The highest BCUT2D eigenvalue weighted by molar-refractivity contribution is 14.1. The van der Waals surface area contributed by atoms with Gasteiger partial charge in [-0.2, -0.15) is 0 Å². The fourth-order valence-corrected chi connectivity index (χ4v) is 3.69. The lowest BCUT2D eigenvalue weighted by Gasteiger charge is -2.18. The summed E-state index contributed by atoms with van der Waals surface area (Å²) in [5, 5.41) is 0.807. The zero-order valence-electron chi connectivity index (χ0n) is 12.8. The zero-order valence-corrected chi connectivity index (χ0v) is 14.9. The van der Waals surface area contributed by atoms with Crippen LogP contribution in [0.3, 0.4) is 0 Å². The van der Waals surface area contributed by atoms with E-state index < -0.39 is 5.91 Å². The lowest BCUT2D eigenvalue weighted by atomic mass is 9.91. The number of fused-ring (bicyclic) bond motifs is 1. The summed E-state index contributed by atoms with van der Waals surface area (Å²) in [6, 6.07) is 17.8. The smallest absolute Gasteiger partial charge is 0.249 e. The van der Waals surface area contributed by atoms with Crippen molar-refractivity contribution in [1.82, 2.24) is 4.98 Å². The largest absolute Gasteiger partial charge is 0.366 e. The monoisotopic (exact) mass is 416 g/mol. The van der Waals surface area contributed by atoms with Gasteiger partial charge in [0.25, 0.3) is 0 Å². The molecule has 0 aliphatic carbocycles. The maximum atomic E-state index is 11.9. The minimum atomic E-state index is -0.414. The first-order chi connectivity index (χ1) is 11.1. The Morgan fingerprint density at radius 3 is 2.57 bits per heavy atom. The Balaban J connectivity index is 2.22. The minimum absolute atomic E-state index is 0.144. The highest BCUT2D eigenvalue weighted by Crippen LogP contribution is 2.32. The Morgan fingerprint density at radius 2 is 1.87 bits per heavy atom. The van der Waals surface area contributed by atoms with Crippen LogP contribution in [0.25, 0.3) is 10.9 Å². The molecule has 3 rings (SSSR count). The van der Waals surface area contributed by atoms with Crippen molar-refractivity contribution in [1.29, 1.82) is 0 Å². The fourth-order valence-electron chi connectivity index (χ4n) is 2.92. The van der Waals surface area contributed by atoms with Crippen LogP contribution >= 0.6 is 22.6 Å². The molecule has 2 aromatic carbocycles. The molecule has 116 valence electrons. The van der Waals surface area contributed by atoms with E-state index in [1.54, 1.807) is 0 Å². The van der Waals surface area contributed by atoms with Gasteiger partial charge in [-0.15, -0.1) is 0 Å². The van der Waals surface area contributed by atoms with Crippen molar-refractivity contribution in [3.8, 4) is 0 Å². The van der Waals surface area contributed by atoms with Gasteiger partial charge in [-0.05, 0) is 52.8 Å². The summed E-state index contributed by atoms with van der Waals surface area (Å²) in [5.74, 6) is -0.270. The first-order valence-electron chi connectivity index (χ1n) is 7.55. The molecule has 0 fully saturated rings. The maximum Gasteiger partial charge on any atom is 0.249 e. The molecule has 1 amide bonds. The average Bonchev–Trinajstić information content (AvgIpc) is 2.56. The highest BCUT2D eigenvalue weighted by Gasteiger charge is 2.19. The van der Waals surface area contributed by atoms with Gasteiger partial charge in [0.15, 0.2) is 0 Å². The van der Waals surface area contributed by atoms with E-state index in [2.05, 4.69) is 41.6 Å². The van der Waals surface area contributed by atoms with E-state index in [4.69, 9.17) is 10.7 Å². The first kappa shape index (κ1) is 15.9. The number of primary amides is 1. The molecule has 0 radical (unpaired) electrons. The van der Waals surface area contributed by atoms with Crippen LogP contribution in [-0.4, -0.2) is 10.9 Å². The van der Waals surface area contributed by atoms with Gasteiger partial charge in [0.05, 0.1) is 11.1 Å². The summed E-state index contributed by atoms with van der Waals surface area (Å²) in [4.78, 5) is 16.7. The molecule has 0 bridgehead atoms. The van der Waals surface area contributed by atoms with E-state index >= 15 is 0 Å². The van der Waals surface area contributed by atoms with Gasteiger partial charge in [0.2, 0.25) is 5.91 Å². The third-order valence-electron chi connectivity index (χ3n) is 4.05. The second kappa shape index (κ2) is 6.66. The van der Waals surface area contributed by atoms with Gasteiger partial charge >= 0.3 is 0 Å². The molecular formula is C19H17IN2O. The fraction of sp³-hybridized carbons (Fsp3) is 0.158. The molecule has 1 unspecified atom stereocenters. The Bertz CT molecular complexity index is 876. The molecule has 2 N–H and O–H groups in total. The summed E-state index contributed by atoms with van der Waals surface area (Å²) in [6.07, 6.45) is 0.906. The average molecular weight is 416 g/mol. The number of hydrogen-bond donors (Lipinski definition) is 1.